The summed E-state index contributed by atoms with van der Waals surface area (Å²) in [5.74, 6) is 0. The lowest BCUT2D eigenvalue weighted by atomic mass is 10.8. The monoisotopic (exact) mass is 104 g/mol. The number of rotatable bonds is 1. The molecule has 0 heterocycles. The van der Waals surface area contributed by atoms with E-state index in [1.807, 2.05) is 0 Å². The molecule has 3 heteroatoms. The molecule has 0 aliphatic heterocycles. The maximum absolute atomic E-state index is 9.20. The van der Waals surface area contributed by atoms with Crippen LogP contribution in [0.2, 0.25) is 0 Å². The molecule has 1 unspecified atom stereocenters. The van der Waals surface area contributed by atoms with Gasteiger partial charge in [0.05, 0.1) is 0 Å². The zero-order valence-electron chi connectivity index (χ0n) is 3.02. The van der Waals surface area contributed by atoms with Crippen molar-refractivity contribution in [2.75, 3.05) is 0 Å². The molecule has 1 atom stereocenters. The minimum absolute atomic E-state index is 0.678. The number of carbonyl (C=O) groups excluding carboxylic acids is 1. The van der Waals surface area contributed by atoms with Crippen LogP contribution in [0.4, 0.5) is 0 Å². The lowest BCUT2D eigenvalue weighted by Crippen LogP contribution is -1.79. The maximum atomic E-state index is 9.20. The Balaban J connectivity index is 3.29. The summed E-state index contributed by atoms with van der Waals surface area (Å²) in [4.78, 5) is 12.2. The van der Waals surface area contributed by atoms with Gasteiger partial charge >= 0.3 is 0 Å². The second kappa shape index (κ2) is 2.88. The van der Waals surface area contributed by atoms with Crippen LogP contribution < -0.4 is 0 Å². The molecule has 0 amide bonds. The van der Waals surface area contributed by atoms with Gasteiger partial charge in [-0.05, 0) is 6.92 Å². The maximum Gasteiger partial charge on any atom is 0.236 e. The Morgan fingerprint density at radius 1 is 2.00 bits per heavy atom. The summed E-state index contributed by atoms with van der Waals surface area (Å²) in [5.41, 5.74) is -0.678. The Labute approximate surface area is 40.8 Å². The van der Waals surface area contributed by atoms with E-state index in [2.05, 4.69) is 11.9 Å². The van der Waals surface area contributed by atoms with Gasteiger partial charge < -0.3 is 0 Å². The molecule has 0 saturated heterocycles. The van der Waals surface area contributed by atoms with Gasteiger partial charge in [0.1, 0.15) is 5.50 Å². The van der Waals surface area contributed by atoms with Crippen molar-refractivity contribution >= 4 is 17.7 Å². The minimum Gasteiger partial charge on any atom is -0.211 e. The molecule has 6 heavy (non-hydrogen) atoms. The number of alkyl halides is 1. The van der Waals surface area contributed by atoms with Crippen LogP contribution in [0, 0.1) is 6.92 Å². The van der Waals surface area contributed by atoms with Gasteiger partial charge in [-0.2, -0.15) is 4.99 Å². The quantitative estimate of drug-likeness (QED) is 0.209. The number of aliphatic imine (C=N–C) groups is 1. The molecule has 0 aliphatic rings. The number of hydrogen-bond acceptors (Lipinski definition) is 2. The largest absolute Gasteiger partial charge is 0.236 e. The highest BCUT2D eigenvalue weighted by atomic mass is 35.5. The van der Waals surface area contributed by atoms with Gasteiger partial charge in [0.2, 0.25) is 6.08 Å². The van der Waals surface area contributed by atoms with Crippen molar-refractivity contribution in [3.8, 4) is 0 Å². The summed E-state index contributed by atoms with van der Waals surface area (Å²) in [7, 11) is 0. The standard InChI is InChI=1S/C3H3ClNO/c1-3(4)5-2-6/h3H,1H2. The fraction of sp³-hybridized carbons (Fsp3) is 0.333. The molecule has 0 fully saturated rings. The zero-order chi connectivity index (χ0) is 4.99. The number of halogens is 1. The smallest absolute Gasteiger partial charge is 0.211 e. The molecule has 0 aromatic heterocycles. The average molecular weight is 105 g/mol. The van der Waals surface area contributed by atoms with Gasteiger partial charge in [-0.15, -0.1) is 0 Å². The summed E-state index contributed by atoms with van der Waals surface area (Å²) < 4.78 is 0. The average Bonchev–Trinajstić information content (AvgIpc) is 1.35. The van der Waals surface area contributed by atoms with Gasteiger partial charge in [0, 0.05) is 0 Å². The summed E-state index contributed by atoms with van der Waals surface area (Å²) in [5, 5.41) is 0. The minimum atomic E-state index is -0.678. The lowest BCUT2D eigenvalue weighted by molar-refractivity contribution is 0.563. The Morgan fingerprint density at radius 2 is 2.50 bits per heavy atom. The molecule has 0 aliphatic carbocycles. The van der Waals surface area contributed by atoms with E-state index in [0.29, 0.717) is 0 Å². The summed E-state index contributed by atoms with van der Waals surface area (Å²) in [6, 6.07) is 0. The molecule has 2 nitrogen and oxygen atoms in total. The van der Waals surface area contributed by atoms with Gasteiger partial charge in [0.15, 0.2) is 0 Å². The molecule has 33 valence electrons. The zero-order valence-corrected chi connectivity index (χ0v) is 3.77. The van der Waals surface area contributed by atoms with E-state index in [-0.39, 0.29) is 0 Å². The Bertz CT molecular complexity index is 74.9. The fourth-order valence-corrected chi connectivity index (χ4v) is 0.0970. The van der Waals surface area contributed by atoms with Gasteiger partial charge in [-0.25, -0.2) is 4.79 Å². The van der Waals surface area contributed by atoms with Crippen molar-refractivity contribution in [3.63, 3.8) is 0 Å². The van der Waals surface area contributed by atoms with E-state index in [1.54, 1.807) is 0 Å². The van der Waals surface area contributed by atoms with Gasteiger partial charge in [-0.1, -0.05) is 11.6 Å². The second-order valence-electron chi connectivity index (χ2n) is 0.655. The third-order valence-corrected chi connectivity index (χ3v) is 0.290. The molecule has 0 bridgehead atoms. The molecule has 0 aromatic carbocycles. The first-order valence-electron chi connectivity index (χ1n) is 1.31. The molecule has 0 rings (SSSR count). The predicted molar refractivity (Wildman–Crippen MR) is 23.1 cm³/mol. The summed E-state index contributed by atoms with van der Waals surface area (Å²) in [6.45, 7) is 3.16. The van der Waals surface area contributed by atoms with Crippen LogP contribution in [-0.4, -0.2) is 11.6 Å². The molecule has 0 spiro atoms. The summed E-state index contributed by atoms with van der Waals surface area (Å²) in [6.07, 6.45) is 1.25. The highest BCUT2D eigenvalue weighted by Crippen LogP contribution is 1.88. The van der Waals surface area contributed by atoms with Crippen LogP contribution in [0.15, 0.2) is 4.99 Å². The highest BCUT2D eigenvalue weighted by molar-refractivity contribution is 6.21. The van der Waals surface area contributed by atoms with E-state index < -0.39 is 5.50 Å². The second-order valence-corrected chi connectivity index (χ2v) is 1.16. The van der Waals surface area contributed by atoms with Gasteiger partial charge in [0.25, 0.3) is 0 Å². The predicted octanol–water partition coefficient (Wildman–Crippen LogP) is 0.721. The third kappa shape index (κ3) is 3.67. The molecule has 1 radical (unpaired) electrons. The van der Waals surface area contributed by atoms with Crippen LogP contribution in [-0.2, 0) is 4.79 Å². The van der Waals surface area contributed by atoms with Gasteiger partial charge in [-0.3, -0.25) is 0 Å². The van der Waals surface area contributed by atoms with Crippen molar-refractivity contribution in [1.29, 1.82) is 0 Å². The first kappa shape index (κ1) is 5.67. The molecule has 0 aromatic rings. The number of isocyanates is 1. The normalized spacial score (nSPS) is 12.3. The van der Waals surface area contributed by atoms with Crippen LogP contribution in [0.25, 0.3) is 0 Å². The van der Waals surface area contributed by atoms with E-state index in [1.165, 1.54) is 6.08 Å². The van der Waals surface area contributed by atoms with Crippen molar-refractivity contribution < 1.29 is 4.79 Å². The van der Waals surface area contributed by atoms with Crippen LogP contribution in [0.3, 0.4) is 0 Å². The van der Waals surface area contributed by atoms with Crippen LogP contribution >= 0.6 is 11.6 Å². The van der Waals surface area contributed by atoms with Crippen molar-refractivity contribution in [1.82, 2.24) is 0 Å². The highest BCUT2D eigenvalue weighted by Gasteiger charge is 1.82. The number of hydrogen-bond donors (Lipinski definition) is 0. The van der Waals surface area contributed by atoms with Crippen LogP contribution in [0.5, 0.6) is 0 Å². The topological polar surface area (TPSA) is 29.4 Å². The molecular weight excluding hydrogens is 101 g/mol. The van der Waals surface area contributed by atoms with E-state index in [4.69, 9.17) is 11.6 Å². The number of nitrogens with zero attached hydrogens (tertiary/aromatic N) is 1. The van der Waals surface area contributed by atoms with Crippen molar-refractivity contribution in [3.05, 3.63) is 6.92 Å². The van der Waals surface area contributed by atoms with E-state index >= 15 is 0 Å². The molecule has 0 N–H and O–H groups in total. The first-order chi connectivity index (χ1) is 2.77. The SMILES string of the molecule is [CH2]C(Cl)N=C=O. The molecular formula is C3H3ClNO. The summed E-state index contributed by atoms with van der Waals surface area (Å²) >= 11 is 5.04. The first-order valence-corrected chi connectivity index (χ1v) is 1.75. The molecule has 0 saturated carbocycles. The Kier molecular flexibility index (Phi) is 2.73. The van der Waals surface area contributed by atoms with E-state index in [9.17, 15) is 4.79 Å². The Hall–Kier alpha value is -0.330. The third-order valence-electron chi connectivity index (χ3n) is 0.193. The van der Waals surface area contributed by atoms with E-state index in [0.717, 1.165) is 0 Å². The van der Waals surface area contributed by atoms with Crippen molar-refractivity contribution in [2.24, 2.45) is 4.99 Å². The van der Waals surface area contributed by atoms with Crippen molar-refractivity contribution in [2.45, 2.75) is 5.50 Å². The lowest BCUT2D eigenvalue weighted by Gasteiger charge is -1.78. The Morgan fingerprint density at radius 3 is 2.50 bits per heavy atom. The fourth-order valence-electron chi connectivity index (χ4n) is 0.0572. The van der Waals surface area contributed by atoms with Crippen LogP contribution in [0.1, 0.15) is 0 Å².